The number of piperidine rings is 1. The van der Waals surface area contributed by atoms with Gasteiger partial charge in [-0.2, -0.15) is 0 Å². The van der Waals surface area contributed by atoms with E-state index in [1.54, 1.807) is 7.11 Å². The molecule has 0 radical (unpaired) electrons. The smallest absolute Gasteiger partial charge is 0.121 e. The van der Waals surface area contributed by atoms with E-state index in [0.29, 0.717) is 0 Å². The zero-order chi connectivity index (χ0) is 10.4. The molecule has 2 fully saturated rings. The molecule has 1 N–H and O–H groups in total. The zero-order valence-electron chi connectivity index (χ0n) is 9.29. The van der Waals surface area contributed by atoms with Gasteiger partial charge in [0.15, 0.2) is 0 Å². The van der Waals surface area contributed by atoms with Crippen molar-refractivity contribution >= 4 is 0 Å². The first-order valence-corrected chi connectivity index (χ1v) is 5.66. The Morgan fingerprint density at radius 3 is 2.60 bits per heavy atom. The number of benzene rings is 1. The van der Waals surface area contributed by atoms with Gasteiger partial charge in [-0.3, -0.25) is 0 Å². The van der Waals surface area contributed by atoms with Crippen LogP contribution in [0.2, 0.25) is 0 Å². The summed E-state index contributed by atoms with van der Waals surface area (Å²) in [6, 6.07) is 6.63. The molecule has 15 heavy (non-hydrogen) atoms. The number of rotatable bonds is 2. The highest BCUT2D eigenvalue weighted by Crippen LogP contribution is 2.56. The van der Waals surface area contributed by atoms with Crippen LogP contribution in [0.5, 0.6) is 5.75 Å². The van der Waals surface area contributed by atoms with Gasteiger partial charge < -0.3 is 10.1 Å². The number of ether oxygens (including phenoxy) is 1. The van der Waals surface area contributed by atoms with Crippen molar-refractivity contribution < 1.29 is 4.74 Å². The fraction of sp³-hybridized carbons (Fsp3) is 0.538. The van der Waals surface area contributed by atoms with Crippen LogP contribution in [0.3, 0.4) is 0 Å². The Kier molecular flexibility index (Phi) is 1.99. The molecular formula is C13H17NO. The molecular weight excluding hydrogens is 186 g/mol. The maximum Gasteiger partial charge on any atom is 0.121 e. The Morgan fingerprint density at radius 1 is 1.27 bits per heavy atom. The molecule has 0 aromatic heterocycles. The highest BCUT2D eigenvalue weighted by atomic mass is 16.5. The Morgan fingerprint density at radius 2 is 2.00 bits per heavy atom. The van der Waals surface area contributed by atoms with Crippen molar-refractivity contribution in [3.05, 3.63) is 29.3 Å². The molecule has 1 aliphatic heterocycles. The maximum absolute atomic E-state index is 5.28. The minimum Gasteiger partial charge on any atom is -0.496 e. The predicted octanol–water partition coefficient (Wildman–Crippen LogP) is 1.94. The molecule has 1 aromatic carbocycles. The monoisotopic (exact) mass is 203 g/mol. The summed E-state index contributed by atoms with van der Waals surface area (Å²) in [5, 5.41) is 3.43. The summed E-state index contributed by atoms with van der Waals surface area (Å²) in [6.45, 7) is 4.54. The minimum atomic E-state index is 0.816. The third-order valence-electron chi connectivity index (χ3n) is 3.90. The normalized spacial score (nSPS) is 32.5. The fourth-order valence-electron chi connectivity index (χ4n) is 3.02. The van der Waals surface area contributed by atoms with Crippen molar-refractivity contribution in [1.29, 1.82) is 0 Å². The largest absolute Gasteiger partial charge is 0.496 e. The molecule has 2 aliphatic rings. The van der Waals surface area contributed by atoms with Crippen LogP contribution < -0.4 is 10.1 Å². The fourth-order valence-corrected chi connectivity index (χ4v) is 3.02. The molecule has 0 amide bonds. The van der Waals surface area contributed by atoms with Gasteiger partial charge in [0.2, 0.25) is 0 Å². The summed E-state index contributed by atoms with van der Waals surface area (Å²) in [4.78, 5) is 0. The summed E-state index contributed by atoms with van der Waals surface area (Å²) in [5.41, 5.74) is 2.76. The van der Waals surface area contributed by atoms with Gasteiger partial charge in [-0.1, -0.05) is 12.1 Å². The average molecular weight is 203 g/mol. The van der Waals surface area contributed by atoms with Gasteiger partial charge >= 0.3 is 0 Å². The lowest BCUT2D eigenvalue weighted by Gasteiger charge is -2.09. The van der Waals surface area contributed by atoms with E-state index in [4.69, 9.17) is 4.74 Å². The molecule has 3 rings (SSSR count). The van der Waals surface area contributed by atoms with E-state index >= 15 is 0 Å². The predicted molar refractivity (Wildman–Crippen MR) is 60.3 cm³/mol. The van der Waals surface area contributed by atoms with E-state index in [9.17, 15) is 0 Å². The van der Waals surface area contributed by atoms with E-state index in [0.717, 1.165) is 23.5 Å². The summed E-state index contributed by atoms with van der Waals surface area (Å²) in [7, 11) is 1.73. The molecule has 2 atom stereocenters. The van der Waals surface area contributed by atoms with E-state index < -0.39 is 0 Å². The number of nitrogens with one attached hydrogen (secondary N) is 1. The number of aryl methyl sites for hydroxylation is 1. The number of methoxy groups -OCH3 is 1. The quantitative estimate of drug-likeness (QED) is 0.793. The molecule has 1 aliphatic carbocycles. The highest BCUT2D eigenvalue weighted by Gasteiger charge is 2.53. The molecule has 1 heterocycles. The van der Waals surface area contributed by atoms with E-state index in [2.05, 4.69) is 30.4 Å². The lowest BCUT2D eigenvalue weighted by Crippen LogP contribution is -2.14. The van der Waals surface area contributed by atoms with Gasteiger partial charge in [0.25, 0.3) is 0 Å². The zero-order valence-corrected chi connectivity index (χ0v) is 9.29. The molecule has 1 aromatic rings. The molecule has 0 spiro atoms. The second kappa shape index (κ2) is 3.24. The number of hydrogen-bond donors (Lipinski definition) is 1. The van der Waals surface area contributed by atoms with Crippen LogP contribution in [0.15, 0.2) is 18.2 Å². The SMILES string of the molecule is COc1ccc(C2C3CNCC32)cc1C. The molecule has 2 nitrogen and oxygen atoms in total. The lowest BCUT2D eigenvalue weighted by molar-refractivity contribution is 0.411. The molecule has 80 valence electrons. The summed E-state index contributed by atoms with van der Waals surface area (Å²) in [6.07, 6.45) is 0. The third-order valence-corrected chi connectivity index (χ3v) is 3.90. The standard InChI is InChI=1S/C13H17NO/c1-8-5-9(3-4-12(8)15-2)13-10-6-14-7-11(10)13/h3-5,10-11,13-14H,6-7H2,1-2H3. The minimum absolute atomic E-state index is 0.816. The van der Waals surface area contributed by atoms with Crippen molar-refractivity contribution in [2.24, 2.45) is 11.8 Å². The summed E-state index contributed by atoms with van der Waals surface area (Å²) < 4.78 is 5.28. The topological polar surface area (TPSA) is 21.3 Å². The second-order valence-corrected chi connectivity index (χ2v) is 4.74. The van der Waals surface area contributed by atoms with Crippen LogP contribution in [0, 0.1) is 18.8 Å². The Balaban J connectivity index is 1.85. The van der Waals surface area contributed by atoms with Crippen molar-refractivity contribution in [2.75, 3.05) is 20.2 Å². The van der Waals surface area contributed by atoms with Crippen molar-refractivity contribution in [3.8, 4) is 5.75 Å². The van der Waals surface area contributed by atoms with Gasteiger partial charge in [-0.25, -0.2) is 0 Å². The van der Waals surface area contributed by atoms with Crippen LogP contribution >= 0.6 is 0 Å². The first-order chi connectivity index (χ1) is 7.31. The summed E-state index contributed by atoms with van der Waals surface area (Å²) >= 11 is 0. The average Bonchev–Trinajstić information content (AvgIpc) is 2.72. The van der Waals surface area contributed by atoms with Gasteiger partial charge in [-0.05, 0) is 55.0 Å². The molecule has 0 bridgehead atoms. The third kappa shape index (κ3) is 1.36. The van der Waals surface area contributed by atoms with E-state index in [1.807, 2.05) is 0 Å². The molecule has 1 saturated carbocycles. The van der Waals surface area contributed by atoms with Gasteiger partial charge in [-0.15, -0.1) is 0 Å². The molecule has 2 heteroatoms. The molecule has 2 unspecified atom stereocenters. The Labute approximate surface area is 90.6 Å². The number of fused-ring (bicyclic) bond motifs is 1. The van der Waals surface area contributed by atoms with Crippen LogP contribution in [-0.2, 0) is 0 Å². The second-order valence-electron chi connectivity index (χ2n) is 4.74. The Hall–Kier alpha value is -1.02. The van der Waals surface area contributed by atoms with Gasteiger partial charge in [0.05, 0.1) is 7.11 Å². The highest BCUT2D eigenvalue weighted by molar-refractivity contribution is 5.40. The Bertz CT molecular complexity index is 378. The van der Waals surface area contributed by atoms with Crippen molar-refractivity contribution in [2.45, 2.75) is 12.8 Å². The van der Waals surface area contributed by atoms with Crippen LogP contribution in [0.25, 0.3) is 0 Å². The van der Waals surface area contributed by atoms with Crippen LogP contribution in [-0.4, -0.2) is 20.2 Å². The molecule has 1 saturated heterocycles. The lowest BCUT2D eigenvalue weighted by atomic mass is 10.0. The first kappa shape index (κ1) is 9.22. The first-order valence-electron chi connectivity index (χ1n) is 5.66. The van der Waals surface area contributed by atoms with E-state index in [-0.39, 0.29) is 0 Å². The summed E-state index contributed by atoms with van der Waals surface area (Å²) in [5.74, 6) is 3.62. The van der Waals surface area contributed by atoms with Crippen LogP contribution in [0.4, 0.5) is 0 Å². The van der Waals surface area contributed by atoms with Gasteiger partial charge in [0.1, 0.15) is 5.75 Å². The maximum atomic E-state index is 5.28. The number of hydrogen-bond acceptors (Lipinski definition) is 2. The van der Waals surface area contributed by atoms with E-state index in [1.165, 1.54) is 24.2 Å². The van der Waals surface area contributed by atoms with Gasteiger partial charge in [0, 0.05) is 0 Å². The van der Waals surface area contributed by atoms with Crippen LogP contribution in [0.1, 0.15) is 17.0 Å². The van der Waals surface area contributed by atoms with Crippen molar-refractivity contribution in [3.63, 3.8) is 0 Å². The van der Waals surface area contributed by atoms with Crippen molar-refractivity contribution in [1.82, 2.24) is 5.32 Å².